The fraction of sp³-hybridized carbons (Fsp3) is 0.600. The molecular formula is C15H22BrClN2O. The lowest BCUT2D eigenvalue weighted by molar-refractivity contribution is 0.0301. The molecular weight excluding hydrogens is 340 g/mol. The molecule has 1 aromatic carbocycles. The van der Waals surface area contributed by atoms with E-state index in [1.807, 2.05) is 12.1 Å². The van der Waals surface area contributed by atoms with E-state index >= 15 is 0 Å². The Bertz CT molecular complexity index is 461. The Morgan fingerprint density at radius 1 is 1.40 bits per heavy atom. The van der Waals surface area contributed by atoms with E-state index in [1.165, 1.54) is 5.56 Å². The van der Waals surface area contributed by atoms with Gasteiger partial charge in [0, 0.05) is 53.7 Å². The molecule has 1 aliphatic heterocycles. The minimum atomic E-state index is -0.215. The molecule has 3 nitrogen and oxygen atoms in total. The Hall–Kier alpha value is -0.130. The fourth-order valence-corrected chi connectivity index (χ4v) is 3.76. The van der Waals surface area contributed by atoms with Crippen molar-refractivity contribution in [2.24, 2.45) is 5.41 Å². The second kappa shape index (κ2) is 6.75. The van der Waals surface area contributed by atoms with Gasteiger partial charge in [-0.05, 0) is 17.7 Å². The topological polar surface area (TPSA) is 35.5 Å². The van der Waals surface area contributed by atoms with Crippen LogP contribution in [0.15, 0.2) is 22.7 Å². The third-order valence-corrected chi connectivity index (χ3v) is 4.84. The summed E-state index contributed by atoms with van der Waals surface area (Å²) in [5.41, 5.74) is 0.976. The van der Waals surface area contributed by atoms with Crippen molar-refractivity contribution in [2.75, 3.05) is 32.8 Å². The molecule has 2 rings (SSSR count). The summed E-state index contributed by atoms with van der Waals surface area (Å²) in [6, 6.07) is 6.08. The molecule has 1 atom stereocenters. The van der Waals surface area contributed by atoms with Gasteiger partial charge in [-0.25, -0.2) is 0 Å². The van der Waals surface area contributed by atoms with Crippen molar-refractivity contribution < 1.29 is 5.11 Å². The summed E-state index contributed by atoms with van der Waals surface area (Å²) >= 11 is 9.68. The van der Waals surface area contributed by atoms with Gasteiger partial charge in [-0.2, -0.15) is 0 Å². The quantitative estimate of drug-likeness (QED) is 0.865. The van der Waals surface area contributed by atoms with Crippen LogP contribution in [0.5, 0.6) is 0 Å². The Labute approximate surface area is 134 Å². The first-order valence-electron chi connectivity index (χ1n) is 6.96. The van der Waals surface area contributed by atoms with Gasteiger partial charge in [-0.1, -0.05) is 47.4 Å². The van der Waals surface area contributed by atoms with Crippen LogP contribution < -0.4 is 5.32 Å². The van der Waals surface area contributed by atoms with Gasteiger partial charge in [0.25, 0.3) is 0 Å². The Balaban J connectivity index is 2.39. The molecule has 1 fully saturated rings. The molecule has 0 amide bonds. The summed E-state index contributed by atoms with van der Waals surface area (Å²) in [6.45, 7) is 8.33. The maximum atomic E-state index is 9.82. The van der Waals surface area contributed by atoms with Crippen LogP contribution in [-0.4, -0.2) is 42.8 Å². The fourth-order valence-electron chi connectivity index (χ4n) is 2.86. The number of nitrogens with one attached hydrogen (secondary N) is 1. The smallest absolute Gasteiger partial charge is 0.0500 e. The SMILES string of the molecule is CC(C)(CO)[C@H](c1ccc(Cl)cc1Br)N1CCNCC1. The number of benzene rings is 1. The minimum Gasteiger partial charge on any atom is -0.396 e. The van der Waals surface area contributed by atoms with Crippen LogP contribution in [-0.2, 0) is 0 Å². The zero-order valence-electron chi connectivity index (χ0n) is 12.0. The predicted molar refractivity (Wildman–Crippen MR) is 87.2 cm³/mol. The molecule has 0 spiro atoms. The van der Waals surface area contributed by atoms with Gasteiger partial charge in [0.05, 0.1) is 0 Å². The molecule has 112 valence electrons. The highest BCUT2D eigenvalue weighted by atomic mass is 79.9. The lowest BCUT2D eigenvalue weighted by atomic mass is 9.80. The maximum absolute atomic E-state index is 9.82. The molecule has 0 unspecified atom stereocenters. The largest absolute Gasteiger partial charge is 0.396 e. The Morgan fingerprint density at radius 2 is 2.05 bits per heavy atom. The van der Waals surface area contributed by atoms with Crippen molar-refractivity contribution in [3.8, 4) is 0 Å². The summed E-state index contributed by atoms with van der Waals surface area (Å²) in [7, 11) is 0. The number of aliphatic hydroxyl groups is 1. The van der Waals surface area contributed by atoms with Crippen LogP contribution in [0.25, 0.3) is 0 Å². The number of nitrogens with zero attached hydrogens (tertiary/aromatic N) is 1. The van der Waals surface area contributed by atoms with Crippen LogP contribution in [0.4, 0.5) is 0 Å². The molecule has 0 saturated carbocycles. The lowest BCUT2D eigenvalue weighted by Gasteiger charge is -2.43. The van der Waals surface area contributed by atoms with Gasteiger partial charge in [0.2, 0.25) is 0 Å². The monoisotopic (exact) mass is 360 g/mol. The Kier molecular flexibility index (Phi) is 5.49. The average molecular weight is 362 g/mol. The van der Waals surface area contributed by atoms with Crippen LogP contribution in [0.3, 0.4) is 0 Å². The van der Waals surface area contributed by atoms with Crippen molar-refractivity contribution >= 4 is 27.5 Å². The van der Waals surface area contributed by atoms with E-state index in [-0.39, 0.29) is 18.1 Å². The summed E-state index contributed by atoms with van der Waals surface area (Å²) in [4.78, 5) is 2.45. The molecule has 1 saturated heterocycles. The summed E-state index contributed by atoms with van der Waals surface area (Å²) in [5.74, 6) is 0. The van der Waals surface area contributed by atoms with Crippen molar-refractivity contribution in [1.29, 1.82) is 0 Å². The van der Waals surface area contributed by atoms with Gasteiger partial charge in [-0.15, -0.1) is 0 Å². The molecule has 2 N–H and O–H groups in total. The standard InChI is InChI=1S/C15H22BrClN2O/c1-15(2,10-20)14(19-7-5-18-6-8-19)12-4-3-11(17)9-13(12)16/h3-4,9,14,18,20H,5-8,10H2,1-2H3/t14-/m0/s1. The predicted octanol–water partition coefficient (Wildman–Crippen LogP) is 3.07. The van der Waals surface area contributed by atoms with Crippen molar-refractivity contribution in [2.45, 2.75) is 19.9 Å². The number of rotatable bonds is 4. The summed E-state index contributed by atoms with van der Waals surface area (Å²) in [6.07, 6.45) is 0. The van der Waals surface area contributed by atoms with E-state index in [0.29, 0.717) is 0 Å². The van der Waals surface area contributed by atoms with E-state index in [2.05, 4.69) is 46.1 Å². The second-order valence-electron chi connectivity index (χ2n) is 6.00. The number of halogens is 2. The molecule has 5 heteroatoms. The number of piperazine rings is 1. The normalized spacial score (nSPS) is 19.1. The molecule has 0 radical (unpaired) electrons. The summed E-state index contributed by atoms with van der Waals surface area (Å²) < 4.78 is 1.01. The van der Waals surface area contributed by atoms with Gasteiger partial charge in [0.15, 0.2) is 0 Å². The lowest BCUT2D eigenvalue weighted by Crippen LogP contribution is -2.49. The van der Waals surface area contributed by atoms with Gasteiger partial charge >= 0.3 is 0 Å². The molecule has 0 aliphatic carbocycles. The van der Waals surface area contributed by atoms with Gasteiger partial charge in [-0.3, -0.25) is 4.90 Å². The first kappa shape index (κ1) is 16.2. The first-order valence-corrected chi connectivity index (χ1v) is 8.13. The zero-order valence-corrected chi connectivity index (χ0v) is 14.3. The van der Waals surface area contributed by atoms with E-state index in [0.717, 1.165) is 35.7 Å². The highest BCUT2D eigenvalue weighted by molar-refractivity contribution is 9.10. The Morgan fingerprint density at radius 3 is 2.60 bits per heavy atom. The molecule has 0 aromatic heterocycles. The number of aliphatic hydroxyl groups excluding tert-OH is 1. The van der Waals surface area contributed by atoms with Crippen molar-refractivity contribution in [3.05, 3.63) is 33.3 Å². The third-order valence-electron chi connectivity index (χ3n) is 3.92. The van der Waals surface area contributed by atoms with E-state index in [9.17, 15) is 5.11 Å². The molecule has 1 aromatic rings. The van der Waals surface area contributed by atoms with Crippen molar-refractivity contribution in [1.82, 2.24) is 10.2 Å². The van der Waals surface area contributed by atoms with E-state index in [4.69, 9.17) is 11.6 Å². The summed E-state index contributed by atoms with van der Waals surface area (Å²) in [5, 5.41) is 13.9. The number of hydrogen-bond donors (Lipinski definition) is 2. The van der Waals surface area contributed by atoms with E-state index < -0.39 is 0 Å². The molecule has 0 bridgehead atoms. The highest BCUT2D eigenvalue weighted by Gasteiger charge is 2.36. The second-order valence-corrected chi connectivity index (χ2v) is 7.29. The highest BCUT2D eigenvalue weighted by Crippen LogP contribution is 2.41. The van der Waals surface area contributed by atoms with E-state index in [1.54, 1.807) is 0 Å². The first-order chi connectivity index (χ1) is 9.45. The van der Waals surface area contributed by atoms with Crippen LogP contribution in [0.1, 0.15) is 25.5 Å². The van der Waals surface area contributed by atoms with Crippen molar-refractivity contribution in [3.63, 3.8) is 0 Å². The number of hydrogen-bond acceptors (Lipinski definition) is 3. The molecule has 1 heterocycles. The average Bonchev–Trinajstić information content (AvgIpc) is 2.43. The van der Waals surface area contributed by atoms with Crippen LogP contribution >= 0.6 is 27.5 Å². The van der Waals surface area contributed by atoms with Crippen LogP contribution in [0.2, 0.25) is 5.02 Å². The van der Waals surface area contributed by atoms with Gasteiger partial charge < -0.3 is 10.4 Å². The van der Waals surface area contributed by atoms with Crippen LogP contribution in [0, 0.1) is 5.41 Å². The zero-order chi connectivity index (χ0) is 14.8. The maximum Gasteiger partial charge on any atom is 0.0500 e. The minimum absolute atomic E-state index is 0.149. The molecule has 20 heavy (non-hydrogen) atoms. The third kappa shape index (κ3) is 3.55. The molecule has 1 aliphatic rings. The van der Waals surface area contributed by atoms with Gasteiger partial charge in [0.1, 0.15) is 0 Å².